The molecule has 0 radical (unpaired) electrons. The van der Waals surface area contributed by atoms with E-state index in [-0.39, 0.29) is 18.4 Å². The Balaban J connectivity index is 0.00000121. The van der Waals surface area contributed by atoms with Gasteiger partial charge in [0, 0.05) is 5.69 Å². The molecule has 5 heteroatoms. The lowest BCUT2D eigenvalue weighted by molar-refractivity contribution is -0.356. The number of guanidine groups is 1. The Hall–Kier alpha value is -1.42. The second-order valence-corrected chi connectivity index (χ2v) is 2.20. The fourth-order valence-electron chi connectivity index (χ4n) is 0.733. The minimum atomic E-state index is 0. The van der Waals surface area contributed by atoms with E-state index in [1.165, 1.54) is 0 Å². The number of hydrogen-bond donors (Lipinski definition) is 4. The monoisotopic (exact) mass is 186 g/mol. The molecule has 66 valence electrons. The van der Waals surface area contributed by atoms with E-state index in [1.807, 2.05) is 0 Å². The van der Waals surface area contributed by atoms with E-state index in [9.17, 15) is 0 Å². The zero-order valence-corrected chi connectivity index (χ0v) is 7.18. The normalized spacial score (nSPS) is 8.33. The van der Waals surface area contributed by atoms with Gasteiger partial charge in [-0.1, -0.05) is 0 Å². The summed E-state index contributed by atoms with van der Waals surface area (Å²) >= 11 is 0. The summed E-state index contributed by atoms with van der Waals surface area (Å²) in [6, 6.07) is 7.14. The standard InChI is InChI=1S/C7H10N4.ClH/c8-5-1-3-6(4-2-5)11-7(9)10;/h1-4H,8H2,(H4,9,10,11);1H. The van der Waals surface area contributed by atoms with Crippen molar-refractivity contribution in [3.05, 3.63) is 24.3 Å². The summed E-state index contributed by atoms with van der Waals surface area (Å²) in [5, 5.41) is 0. The van der Waals surface area contributed by atoms with Gasteiger partial charge in [0.15, 0.2) is 0 Å². The van der Waals surface area contributed by atoms with Gasteiger partial charge in [-0.05, 0) is 24.3 Å². The fraction of sp³-hybridized carbons (Fsp3) is 0. The molecule has 1 rings (SSSR count). The lowest BCUT2D eigenvalue weighted by atomic mass is 10.3. The minimum Gasteiger partial charge on any atom is -1.00 e. The van der Waals surface area contributed by atoms with E-state index in [0.717, 1.165) is 5.69 Å². The van der Waals surface area contributed by atoms with Crippen LogP contribution >= 0.6 is 0 Å². The van der Waals surface area contributed by atoms with Crippen LogP contribution in [0.3, 0.4) is 0 Å². The zero-order valence-electron chi connectivity index (χ0n) is 6.42. The summed E-state index contributed by atoms with van der Waals surface area (Å²) in [5.74, 6) is 0.176. The number of nitrogen functional groups attached to an aromatic ring is 1. The fourth-order valence-corrected chi connectivity index (χ4v) is 0.733. The Kier molecular flexibility index (Phi) is 3.93. The van der Waals surface area contributed by atoms with Gasteiger partial charge >= 0.3 is 5.96 Å². The Morgan fingerprint density at radius 1 is 1.08 bits per heavy atom. The SMILES string of the molecule is NC(N)=[NH+]c1ccc(N)cc1.[Cl-]. The Labute approximate surface area is 76.9 Å². The first kappa shape index (κ1) is 10.6. The first-order chi connectivity index (χ1) is 5.18. The minimum absolute atomic E-state index is 0. The Bertz CT molecular complexity index is 263. The third-order valence-electron chi connectivity index (χ3n) is 1.20. The van der Waals surface area contributed by atoms with Crippen LogP contribution in [0.15, 0.2) is 24.3 Å². The van der Waals surface area contributed by atoms with Crippen LogP contribution in [0, 0.1) is 0 Å². The highest BCUT2D eigenvalue weighted by Crippen LogP contribution is 2.03. The smallest absolute Gasteiger partial charge is 0.343 e. The van der Waals surface area contributed by atoms with Gasteiger partial charge in [-0.25, -0.2) is 4.99 Å². The summed E-state index contributed by atoms with van der Waals surface area (Å²) in [7, 11) is 0. The lowest BCUT2D eigenvalue weighted by Crippen LogP contribution is -3.00. The molecule has 0 saturated heterocycles. The molecule has 0 fully saturated rings. The van der Waals surface area contributed by atoms with Crippen LogP contribution in [-0.4, -0.2) is 5.96 Å². The van der Waals surface area contributed by atoms with Gasteiger partial charge in [0.25, 0.3) is 0 Å². The molecule has 0 unspecified atom stereocenters. The van der Waals surface area contributed by atoms with E-state index < -0.39 is 0 Å². The first-order valence-electron chi connectivity index (χ1n) is 3.19. The van der Waals surface area contributed by atoms with Gasteiger partial charge in [-0.15, -0.1) is 0 Å². The molecule has 0 aliphatic carbocycles. The summed E-state index contributed by atoms with van der Waals surface area (Å²) < 4.78 is 0. The van der Waals surface area contributed by atoms with Crippen LogP contribution in [0.2, 0.25) is 0 Å². The van der Waals surface area contributed by atoms with E-state index in [4.69, 9.17) is 17.2 Å². The molecule has 0 bridgehead atoms. The van der Waals surface area contributed by atoms with Crippen molar-refractivity contribution in [2.45, 2.75) is 0 Å². The number of nitrogens with two attached hydrogens (primary N) is 3. The Morgan fingerprint density at radius 3 is 2.00 bits per heavy atom. The first-order valence-corrected chi connectivity index (χ1v) is 3.19. The molecule has 1 aromatic rings. The Morgan fingerprint density at radius 2 is 1.58 bits per heavy atom. The summed E-state index contributed by atoms with van der Waals surface area (Å²) in [6.45, 7) is 0. The topological polar surface area (TPSA) is 92.0 Å². The number of rotatable bonds is 1. The predicted octanol–water partition coefficient (Wildman–Crippen LogP) is -4.74. The molecule has 0 atom stereocenters. The van der Waals surface area contributed by atoms with Crippen molar-refractivity contribution in [3.63, 3.8) is 0 Å². The highest BCUT2D eigenvalue weighted by atomic mass is 35.5. The molecule has 0 saturated carbocycles. The molecule has 1 aromatic carbocycles. The second-order valence-electron chi connectivity index (χ2n) is 2.20. The van der Waals surface area contributed by atoms with E-state index in [2.05, 4.69) is 4.99 Å². The number of halogens is 1. The highest BCUT2D eigenvalue weighted by Gasteiger charge is 1.90. The molecule has 12 heavy (non-hydrogen) atoms. The average Bonchev–Trinajstić information content (AvgIpc) is 1.93. The maximum atomic E-state index is 5.46. The number of benzene rings is 1. The van der Waals surface area contributed by atoms with Crippen molar-refractivity contribution in [2.24, 2.45) is 11.5 Å². The third-order valence-corrected chi connectivity index (χ3v) is 1.20. The molecular formula is C7H11ClN4. The van der Waals surface area contributed by atoms with Crippen molar-refractivity contribution < 1.29 is 17.4 Å². The quantitative estimate of drug-likeness (QED) is 0.202. The van der Waals surface area contributed by atoms with Crippen LogP contribution in [-0.2, 0) is 0 Å². The molecule has 0 aliphatic rings. The van der Waals surface area contributed by atoms with Crippen LogP contribution in [0.4, 0.5) is 11.4 Å². The maximum absolute atomic E-state index is 5.46. The van der Waals surface area contributed by atoms with E-state index >= 15 is 0 Å². The molecule has 4 nitrogen and oxygen atoms in total. The zero-order chi connectivity index (χ0) is 8.27. The van der Waals surface area contributed by atoms with Gasteiger partial charge in [0.2, 0.25) is 0 Å². The predicted molar refractivity (Wildman–Crippen MR) is 44.9 cm³/mol. The number of anilines is 1. The molecule has 0 amide bonds. The molecule has 0 aliphatic heterocycles. The van der Waals surface area contributed by atoms with Gasteiger partial charge < -0.3 is 18.1 Å². The second kappa shape index (κ2) is 4.46. The van der Waals surface area contributed by atoms with Crippen LogP contribution in [0.25, 0.3) is 0 Å². The lowest BCUT2D eigenvalue weighted by Gasteiger charge is -1.92. The van der Waals surface area contributed by atoms with Crippen LogP contribution < -0.4 is 34.6 Å². The molecule has 0 aromatic heterocycles. The van der Waals surface area contributed by atoms with Crippen molar-refractivity contribution >= 4 is 17.3 Å². The van der Waals surface area contributed by atoms with Crippen molar-refractivity contribution in [2.75, 3.05) is 5.73 Å². The molecule has 7 N–H and O–H groups in total. The van der Waals surface area contributed by atoms with Gasteiger partial charge in [-0.3, -0.25) is 11.5 Å². The summed E-state index contributed by atoms with van der Waals surface area (Å²) in [6.07, 6.45) is 0. The van der Waals surface area contributed by atoms with E-state index in [0.29, 0.717) is 5.69 Å². The van der Waals surface area contributed by atoms with Crippen molar-refractivity contribution in [1.82, 2.24) is 0 Å². The highest BCUT2D eigenvalue weighted by molar-refractivity contribution is 5.70. The molecule has 0 spiro atoms. The van der Waals surface area contributed by atoms with Gasteiger partial charge in [0.1, 0.15) is 0 Å². The molecule has 0 heterocycles. The third kappa shape index (κ3) is 3.12. The van der Waals surface area contributed by atoms with Gasteiger partial charge in [-0.2, -0.15) is 0 Å². The van der Waals surface area contributed by atoms with Gasteiger partial charge in [0.05, 0.1) is 5.69 Å². The van der Waals surface area contributed by atoms with E-state index in [1.54, 1.807) is 24.3 Å². The molecular weight excluding hydrogens is 176 g/mol. The summed E-state index contributed by atoms with van der Waals surface area (Å²) in [5.41, 5.74) is 17.4. The van der Waals surface area contributed by atoms with Crippen LogP contribution in [0.1, 0.15) is 0 Å². The van der Waals surface area contributed by atoms with Crippen molar-refractivity contribution in [3.8, 4) is 0 Å². The number of nitrogens with one attached hydrogen (secondary N) is 1. The maximum Gasteiger partial charge on any atom is 0.343 e. The van der Waals surface area contributed by atoms with Crippen molar-refractivity contribution in [1.29, 1.82) is 0 Å². The average molecular weight is 187 g/mol. The number of hydrogen-bond acceptors (Lipinski definition) is 1. The van der Waals surface area contributed by atoms with Crippen LogP contribution in [0.5, 0.6) is 0 Å². The summed E-state index contributed by atoms with van der Waals surface area (Å²) in [4.78, 5) is 2.75. The largest absolute Gasteiger partial charge is 1.00 e.